The predicted octanol–water partition coefficient (Wildman–Crippen LogP) is 4.41. The fourth-order valence-corrected chi connectivity index (χ4v) is 4.69. The average Bonchev–Trinajstić information content (AvgIpc) is 3.08. The molecule has 0 aromatic heterocycles. The van der Waals surface area contributed by atoms with E-state index >= 15 is 0 Å². The lowest BCUT2D eigenvalue weighted by molar-refractivity contribution is -0.112. The van der Waals surface area contributed by atoms with Crippen molar-refractivity contribution in [1.82, 2.24) is 5.43 Å². The molecule has 4 N–H and O–H groups in total. The van der Waals surface area contributed by atoms with E-state index in [1.54, 1.807) is 28.8 Å². The Bertz CT molecular complexity index is 1070. The molecule has 2 aromatic rings. The molecule has 180 valence electrons. The number of rotatable bonds is 12. The second kappa shape index (κ2) is 12.2. The Balaban J connectivity index is 1.65. The third-order valence-corrected chi connectivity index (χ3v) is 6.63. The van der Waals surface area contributed by atoms with Crippen LogP contribution in [0.4, 0.5) is 10.5 Å². The number of carboxylic acid groups (broad SMARTS) is 1. The number of unbranched alkanes of at least 4 members (excludes halogenated alkanes) is 3. The van der Waals surface area contributed by atoms with Crippen molar-refractivity contribution in [3.8, 4) is 0 Å². The number of hydrogen-bond acceptors (Lipinski definition) is 5. The van der Waals surface area contributed by atoms with Gasteiger partial charge in [-0.05, 0) is 60.9 Å². The van der Waals surface area contributed by atoms with E-state index in [0.29, 0.717) is 12.1 Å². The van der Waals surface area contributed by atoms with Gasteiger partial charge in [0.25, 0.3) is 5.91 Å². The third-order valence-electron chi connectivity index (χ3n) is 5.55. The van der Waals surface area contributed by atoms with Crippen molar-refractivity contribution in [2.45, 2.75) is 50.3 Å². The summed E-state index contributed by atoms with van der Waals surface area (Å²) in [5, 5.41) is 13.0. The van der Waals surface area contributed by atoms with Gasteiger partial charge in [-0.15, -0.1) is 11.8 Å². The van der Waals surface area contributed by atoms with Crippen molar-refractivity contribution in [3.63, 3.8) is 0 Å². The molecule has 2 aromatic carbocycles. The summed E-state index contributed by atoms with van der Waals surface area (Å²) in [7, 11) is 0. The van der Waals surface area contributed by atoms with Gasteiger partial charge in [0.2, 0.25) is 0 Å². The minimum Gasteiger partial charge on any atom is -0.478 e. The lowest BCUT2D eigenvalue weighted by Gasteiger charge is -2.16. The normalized spacial score (nSPS) is 13.9. The Labute approximate surface area is 203 Å². The van der Waals surface area contributed by atoms with Crippen LogP contribution in [0.3, 0.4) is 0 Å². The van der Waals surface area contributed by atoms with Crippen LogP contribution in [0.15, 0.2) is 52.5 Å². The van der Waals surface area contributed by atoms with Crippen molar-refractivity contribution in [3.05, 3.63) is 59.2 Å². The Morgan fingerprint density at radius 1 is 1.09 bits per heavy atom. The lowest BCUT2D eigenvalue weighted by atomic mass is 10.1. The summed E-state index contributed by atoms with van der Waals surface area (Å²) in [6, 6.07) is 12.0. The van der Waals surface area contributed by atoms with E-state index < -0.39 is 12.0 Å². The molecule has 0 fully saturated rings. The van der Waals surface area contributed by atoms with Crippen LogP contribution in [0, 0.1) is 0 Å². The monoisotopic (exact) mass is 482 g/mol. The van der Waals surface area contributed by atoms with Gasteiger partial charge in [-0.2, -0.15) is 5.10 Å². The number of nitrogens with zero attached hydrogens (tertiary/aromatic N) is 2. The minimum atomic E-state index is -0.925. The molecule has 0 bridgehead atoms. The number of nitrogens with two attached hydrogens (primary N) is 1. The zero-order valence-corrected chi connectivity index (χ0v) is 20.1. The molecule has 1 heterocycles. The highest BCUT2D eigenvalue weighted by molar-refractivity contribution is 7.99. The fourth-order valence-electron chi connectivity index (χ4n) is 3.80. The maximum atomic E-state index is 13.0. The SMILES string of the molecule is CCCCCCN1C(=O)C(=NNC(N)=O)c2cc(SCCCc3ccc(C(=O)O)cc3)ccc21. The van der Waals surface area contributed by atoms with Gasteiger partial charge in [-0.25, -0.2) is 15.0 Å². The molecule has 0 unspecified atom stereocenters. The Morgan fingerprint density at radius 3 is 2.53 bits per heavy atom. The van der Waals surface area contributed by atoms with Gasteiger partial charge in [-0.1, -0.05) is 38.3 Å². The van der Waals surface area contributed by atoms with Gasteiger partial charge < -0.3 is 15.7 Å². The highest BCUT2D eigenvalue weighted by Gasteiger charge is 2.34. The van der Waals surface area contributed by atoms with E-state index in [2.05, 4.69) is 17.5 Å². The van der Waals surface area contributed by atoms with E-state index in [-0.39, 0.29) is 17.2 Å². The molecule has 0 saturated heterocycles. The first-order valence-corrected chi connectivity index (χ1v) is 12.4. The molecule has 34 heavy (non-hydrogen) atoms. The van der Waals surface area contributed by atoms with Crippen LogP contribution in [0.5, 0.6) is 0 Å². The van der Waals surface area contributed by atoms with Crippen molar-refractivity contribution in [1.29, 1.82) is 0 Å². The molecular formula is C25H30N4O4S. The molecule has 8 nitrogen and oxygen atoms in total. The molecule has 3 amide bonds. The second-order valence-corrected chi connectivity index (χ2v) is 9.26. The first-order valence-electron chi connectivity index (χ1n) is 11.4. The molecule has 0 radical (unpaired) electrons. The zero-order valence-electron chi connectivity index (χ0n) is 19.3. The molecule has 1 aliphatic heterocycles. The molecular weight excluding hydrogens is 452 g/mol. The second-order valence-electron chi connectivity index (χ2n) is 8.09. The topological polar surface area (TPSA) is 125 Å². The number of primary amides is 1. The summed E-state index contributed by atoms with van der Waals surface area (Å²) in [6.45, 7) is 2.75. The summed E-state index contributed by atoms with van der Waals surface area (Å²) in [6.07, 6.45) is 5.96. The number of carboxylic acids is 1. The summed E-state index contributed by atoms with van der Waals surface area (Å²) in [5.41, 5.74) is 10.4. The Morgan fingerprint density at radius 2 is 1.85 bits per heavy atom. The van der Waals surface area contributed by atoms with Gasteiger partial charge in [0, 0.05) is 17.0 Å². The van der Waals surface area contributed by atoms with Gasteiger partial charge in [0.1, 0.15) is 0 Å². The van der Waals surface area contributed by atoms with Crippen LogP contribution in [0.1, 0.15) is 60.5 Å². The van der Waals surface area contributed by atoms with E-state index in [4.69, 9.17) is 10.8 Å². The largest absolute Gasteiger partial charge is 0.478 e. The number of carbonyl (C=O) groups excluding carboxylic acids is 2. The van der Waals surface area contributed by atoms with E-state index in [9.17, 15) is 14.4 Å². The standard InChI is InChI=1S/C25H30N4O4S/c1-2-3-4-5-14-29-21-13-12-19(16-20(21)22(23(29)30)27-28-25(26)33)34-15-6-7-17-8-10-18(11-9-17)24(31)32/h8-13,16H,2-7,14-15H2,1H3,(H,31,32)(H3,26,28,33). The van der Waals surface area contributed by atoms with E-state index in [0.717, 1.165) is 60.4 Å². The Hall–Kier alpha value is -3.33. The highest BCUT2D eigenvalue weighted by atomic mass is 32.2. The Kier molecular flexibility index (Phi) is 9.09. The minimum absolute atomic E-state index is 0.199. The molecule has 9 heteroatoms. The van der Waals surface area contributed by atoms with E-state index in [1.165, 1.54) is 0 Å². The lowest BCUT2D eigenvalue weighted by Crippen LogP contribution is -2.33. The van der Waals surface area contributed by atoms with Gasteiger partial charge in [0.05, 0.1) is 11.3 Å². The van der Waals surface area contributed by atoms with E-state index in [1.807, 2.05) is 30.3 Å². The number of carbonyl (C=O) groups is 3. The summed E-state index contributed by atoms with van der Waals surface area (Å²) in [4.78, 5) is 37.8. The van der Waals surface area contributed by atoms with Crippen LogP contribution >= 0.6 is 11.8 Å². The number of fused-ring (bicyclic) bond motifs is 1. The number of benzene rings is 2. The van der Waals surface area contributed by atoms with Crippen molar-refractivity contribution in [2.24, 2.45) is 10.8 Å². The van der Waals surface area contributed by atoms with Gasteiger partial charge in [0.15, 0.2) is 5.71 Å². The number of anilines is 1. The van der Waals surface area contributed by atoms with Crippen LogP contribution in [0.2, 0.25) is 0 Å². The smallest absolute Gasteiger partial charge is 0.335 e. The number of hydrogen-bond donors (Lipinski definition) is 3. The van der Waals surface area contributed by atoms with Crippen molar-refractivity contribution < 1.29 is 19.5 Å². The number of thioether (sulfide) groups is 1. The molecule has 3 rings (SSSR count). The average molecular weight is 483 g/mol. The van der Waals surface area contributed by atoms with Crippen LogP contribution in [0.25, 0.3) is 0 Å². The third kappa shape index (κ3) is 6.60. The molecule has 0 spiro atoms. The maximum Gasteiger partial charge on any atom is 0.335 e. The summed E-state index contributed by atoms with van der Waals surface area (Å²) >= 11 is 1.68. The van der Waals surface area contributed by atoms with Crippen LogP contribution < -0.4 is 16.1 Å². The number of amides is 3. The number of hydrazone groups is 1. The van der Waals surface area contributed by atoms with Crippen LogP contribution in [-0.2, 0) is 11.2 Å². The van der Waals surface area contributed by atoms with Crippen LogP contribution in [-0.4, -0.2) is 41.0 Å². The van der Waals surface area contributed by atoms with Gasteiger partial charge in [-0.3, -0.25) is 4.79 Å². The number of nitrogens with one attached hydrogen (secondary N) is 1. The van der Waals surface area contributed by atoms with Gasteiger partial charge >= 0.3 is 12.0 Å². The fraction of sp³-hybridized carbons (Fsp3) is 0.360. The zero-order chi connectivity index (χ0) is 24.5. The summed E-state index contributed by atoms with van der Waals surface area (Å²) in [5.74, 6) is -0.293. The molecule has 0 atom stereocenters. The number of urea groups is 1. The highest BCUT2D eigenvalue weighted by Crippen LogP contribution is 2.33. The molecule has 1 aliphatic rings. The first kappa shape index (κ1) is 25.3. The summed E-state index contributed by atoms with van der Waals surface area (Å²) < 4.78 is 0. The van der Waals surface area contributed by atoms with Crippen molar-refractivity contribution in [2.75, 3.05) is 17.2 Å². The van der Waals surface area contributed by atoms with Crippen molar-refractivity contribution >= 4 is 41.1 Å². The quantitative estimate of drug-likeness (QED) is 0.235. The molecule has 0 saturated carbocycles. The molecule has 0 aliphatic carbocycles. The number of aryl methyl sites for hydroxylation is 1. The predicted molar refractivity (Wildman–Crippen MR) is 135 cm³/mol. The maximum absolute atomic E-state index is 13.0. The number of aromatic carboxylic acids is 1. The first-order chi connectivity index (χ1) is 16.4.